The van der Waals surface area contributed by atoms with Crippen LogP contribution in [-0.4, -0.2) is 30.6 Å². The molecular weight excluding hydrogens is 346 g/mol. The van der Waals surface area contributed by atoms with Gasteiger partial charge in [0, 0.05) is 17.9 Å². The second-order valence-corrected chi connectivity index (χ2v) is 9.24. The monoisotopic (exact) mass is 357 g/mol. The third kappa shape index (κ3) is 2.87. The highest BCUT2D eigenvalue weighted by atomic mass is 79.9. The summed E-state index contributed by atoms with van der Waals surface area (Å²) in [5.41, 5.74) is 0.822. The summed E-state index contributed by atoms with van der Waals surface area (Å²) in [6.45, 7) is 2.96. The van der Waals surface area contributed by atoms with E-state index in [1.807, 2.05) is 6.92 Å². The van der Waals surface area contributed by atoms with Gasteiger partial charge in [0.05, 0.1) is 4.34 Å². The molecule has 0 radical (unpaired) electrons. The van der Waals surface area contributed by atoms with Crippen molar-refractivity contribution in [3.8, 4) is 0 Å². The quantitative estimate of drug-likeness (QED) is 0.761. The van der Waals surface area contributed by atoms with Crippen molar-refractivity contribution in [2.24, 2.45) is 0 Å². The lowest BCUT2D eigenvalue weighted by Gasteiger charge is -2.28. The van der Waals surface area contributed by atoms with E-state index in [9.17, 15) is 8.42 Å². The fourth-order valence-corrected chi connectivity index (χ4v) is 6.05. The molecule has 0 bridgehead atoms. The van der Waals surface area contributed by atoms with Crippen molar-refractivity contribution in [2.75, 3.05) is 13.1 Å². The Hall–Kier alpha value is 0.380. The minimum atomic E-state index is -3.36. The van der Waals surface area contributed by atoms with Crippen LogP contribution in [0.5, 0.6) is 0 Å². The van der Waals surface area contributed by atoms with E-state index >= 15 is 0 Å². The second kappa shape index (κ2) is 5.17. The van der Waals surface area contributed by atoms with Gasteiger partial charge < -0.3 is 0 Å². The highest BCUT2D eigenvalue weighted by molar-refractivity contribution is 9.09. The number of hydrogen-bond acceptors (Lipinski definition) is 3. The molecule has 1 aromatic rings. The molecule has 2 heterocycles. The zero-order chi connectivity index (χ0) is 12.6. The lowest BCUT2D eigenvalue weighted by atomic mass is 10.2. The number of halogens is 2. The van der Waals surface area contributed by atoms with Crippen LogP contribution in [0.1, 0.15) is 18.4 Å². The molecule has 1 aliphatic rings. The molecule has 0 spiro atoms. The maximum atomic E-state index is 12.4. The van der Waals surface area contributed by atoms with Gasteiger partial charge >= 0.3 is 0 Å². The van der Waals surface area contributed by atoms with Crippen molar-refractivity contribution in [1.29, 1.82) is 0 Å². The number of piperidine rings is 1. The Kier molecular flexibility index (Phi) is 4.20. The Bertz CT molecular complexity index is 495. The van der Waals surface area contributed by atoms with Crippen molar-refractivity contribution >= 4 is 48.9 Å². The fraction of sp³-hybridized carbons (Fsp3) is 0.600. The summed E-state index contributed by atoms with van der Waals surface area (Å²) in [5, 5.41) is 0. The van der Waals surface area contributed by atoms with Crippen molar-refractivity contribution in [3.05, 3.63) is 16.0 Å². The van der Waals surface area contributed by atoms with E-state index in [1.54, 1.807) is 6.07 Å². The largest absolute Gasteiger partial charge is 0.252 e. The highest BCUT2D eigenvalue weighted by Crippen LogP contribution is 2.33. The predicted molar refractivity (Wildman–Crippen MR) is 74.8 cm³/mol. The molecule has 1 unspecified atom stereocenters. The molecule has 2 rings (SSSR count). The van der Waals surface area contributed by atoms with Gasteiger partial charge in [0.1, 0.15) is 4.21 Å². The summed E-state index contributed by atoms with van der Waals surface area (Å²) in [6, 6.07) is 1.65. The smallest absolute Gasteiger partial charge is 0.206 e. The van der Waals surface area contributed by atoms with Crippen molar-refractivity contribution in [2.45, 2.75) is 28.8 Å². The Labute approximate surface area is 119 Å². The molecule has 1 aromatic heterocycles. The van der Waals surface area contributed by atoms with Gasteiger partial charge in [0.15, 0.2) is 0 Å². The third-order valence-corrected chi connectivity index (χ3v) is 7.37. The first-order valence-corrected chi connectivity index (χ1v) is 8.86. The molecule has 1 atom stereocenters. The van der Waals surface area contributed by atoms with Crippen molar-refractivity contribution in [3.63, 3.8) is 0 Å². The average molecular weight is 359 g/mol. The van der Waals surface area contributed by atoms with Crippen LogP contribution in [0.15, 0.2) is 10.3 Å². The molecule has 1 saturated heterocycles. The first kappa shape index (κ1) is 13.8. The van der Waals surface area contributed by atoms with E-state index in [0.717, 1.165) is 29.7 Å². The SMILES string of the molecule is Cc1cc(S(=O)(=O)N2CCCC(Br)C2)sc1Cl. The van der Waals surface area contributed by atoms with E-state index < -0.39 is 10.0 Å². The number of sulfonamides is 1. The molecule has 17 heavy (non-hydrogen) atoms. The van der Waals surface area contributed by atoms with E-state index in [0.29, 0.717) is 21.6 Å². The van der Waals surface area contributed by atoms with Crippen LogP contribution in [0.3, 0.4) is 0 Å². The van der Waals surface area contributed by atoms with Gasteiger partial charge in [-0.3, -0.25) is 0 Å². The van der Waals surface area contributed by atoms with Crippen LogP contribution >= 0.6 is 38.9 Å². The Morgan fingerprint density at radius 2 is 2.29 bits per heavy atom. The van der Waals surface area contributed by atoms with Gasteiger partial charge in [-0.15, -0.1) is 11.3 Å². The van der Waals surface area contributed by atoms with Crippen LogP contribution in [0.4, 0.5) is 0 Å². The molecule has 0 saturated carbocycles. The molecular formula is C10H13BrClNO2S2. The number of hydrogen-bond donors (Lipinski definition) is 0. The van der Waals surface area contributed by atoms with Gasteiger partial charge in [-0.25, -0.2) is 8.42 Å². The van der Waals surface area contributed by atoms with Crippen molar-refractivity contribution in [1.82, 2.24) is 4.31 Å². The summed E-state index contributed by atoms with van der Waals surface area (Å²) in [4.78, 5) is 0.252. The molecule has 0 amide bonds. The van der Waals surface area contributed by atoms with E-state index in [-0.39, 0.29) is 4.83 Å². The number of aryl methyl sites for hydroxylation is 1. The summed E-state index contributed by atoms with van der Waals surface area (Å²) in [5.74, 6) is 0. The summed E-state index contributed by atoms with van der Waals surface area (Å²) in [6.07, 6.45) is 1.92. The number of alkyl halides is 1. The lowest BCUT2D eigenvalue weighted by molar-refractivity contribution is 0.356. The summed E-state index contributed by atoms with van der Waals surface area (Å²) < 4.78 is 27.2. The van der Waals surface area contributed by atoms with Gasteiger partial charge in [-0.1, -0.05) is 27.5 Å². The average Bonchev–Trinajstić information content (AvgIpc) is 2.60. The normalized spacial score (nSPS) is 22.9. The third-order valence-electron chi connectivity index (χ3n) is 2.76. The summed E-state index contributed by atoms with van der Waals surface area (Å²) >= 11 is 10.6. The minimum Gasteiger partial charge on any atom is -0.206 e. The Balaban J connectivity index is 2.29. The van der Waals surface area contributed by atoms with Crippen molar-refractivity contribution < 1.29 is 8.42 Å². The van der Waals surface area contributed by atoms with Crippen LogP contribution in [0.2, 0.25) is 4.34 Å². The minimum absolute atomic E-state index is 0.252. The zero-order valence-electron chi connectivity index (χ0n) is 9.32. The molecule has 0 aliphatic carbocycles. The lowest BCUT2D eigenvalue weighted by Crippen LogP contribution is -2.39. The Morgan fingerprint density at radius 3 is 2.82 bits per heavy atom. The Morgan fingerprint density at radius 1 is 1.59 bits per heavy atom. The van der Waals surface area contributed by atoms with Crippen LogP contribution in [0, 0.1) is 6.92 Å². The first-order chi connectivity index (χ1) is 7.91. The predicted octanol–water partition coefficient (Wildman–Crippen LogP) is 3.26. The second-order valence-electron chi connectivity index (χ2n) is 4.12. The molecule has 96 valence electrons. The van der Waals surface area contributed by atoms with Gasteiger partial charge in [-0.05, 0) is 31.4 Å². The molecule has 7 heteroatoms. The standard InChI is InChI=1S/C10H13BrClNO2S2/c1-7-5-9(16-10(7)12)17(14,15)13-4-2-3-8(11)6-13/h5,8H,2-4,6H2,1H3. The topological polar surface area (TPSA) is 37.4 Å². The summed E-state index contributed by atoms with van der Waals surface area (Å²) in [7, 11) is -3.36. The number of rotatable bonds is 2. The van der Waals surface area contributed by atoms with E-state index in [4.69, 9.17) is 11.6 Å². The van der Waals surface area contributed by atoms with Gasteiger partial charge in [0.25, 0.3) is 10.0 Å². The van der Waals surface area contributed by atoms with E-state index in [1.165, 1.54) is 4.31 Å². The molecule has 1 fully saturated rings. The zero-order valence-corrected chi connectivity index (χ0v) is 13.3. The maximum absolute atomic E-state index is 12.4. The highest BCUT2D eigenvalue weighted by Gasteiger charge is 2.30. The van der Waals surface area contributed by atoms with Crippen LogP contribution < -0.4 is 0 Å². The van der Waals surface area contributed by atoms with E-state index in [2.05, 4.69) is 15.9 Å². The molecule has 0 N–H and O–H groups in total. The first-order valence-electron chi connectivity index (χ1n) is 5.31. The maximum Gasteiger partial charge on any atom is 0.252 e. The fourth-order valence-electron chi connectivity index (χ4n) is 1.80. The van der Waals surface area contributed by atoms with Crippen LogP contribution in [-0.2, 0) is 10.0 Å². The number of nitrogens with zero attached hydrogens (tertiary/aromatic N) is 1. The van der Waals surface area contributed by atoms with Gasteiger partial charge in [-0.2, -0.15) is 4.31 Å². The number of thiophene rings is 1. The van der Waals surface area contributed by atoms with Crippen LogP contribution in [0.25, 0.3) is 0 Å². The van der Waals surface area contributed by atoms with Gasteiger partial charge in [0.2, 0.25) is 0 Å². The molecule has 0 aromatic carbocycles. The molecule has 3 nitrogen and oxygen atoms in total. The molecule has 1 aliphatic heterocycles.